The van der Waals surface area contributed by atoms with Crippen LogP contribution in [0.15, 0.2) is 24.3 Å². The molecule has 21 heavy (non-hydrogen) atoms. The number of aromatic nitrogens is 2. The predicted molar refractivity (Wildman–Crippen MR) is 80.0 cm³/mol. The molecule has 1 heterocycles. The number of benzene rings is 1. The first-order valence-corrected chi connectivity index (χ1v) is 7.14. The van der Waals surface area contributed by atoms with Crippen LogP contribution in [-0.4, -0.2) is 20.9 Å². The molecule has 1 aromatic heterocycles. The Hall–Kier alpha value is -2.01. The Morgan fingerprint density at radius 3 is 2.81 bits per heavy atom. The number of hydrogen-bond acceptors (Lipinski definition) is 3. The second-order valence-electron chi connectivity index (χ2n) is 4.50. The minimum absolute atomic E-state index is 0.0163. The second kappa shape index (κ2) is 6.63. The van der Waals surface area contributed by atoms with Crippen molar-refractivity contribution in [2.75, 3.05) is 0 Å². The van der Waals surface area contributed by atoms with Gasteiger partial charge in [0.25, 0.3) is 0 Å². The maximum Gasteiger partial charge on any atom is 0.341 e. The molecule has 0 spiro atoms. The third-order valence-electron chi connectivity index (χ3n) is 3.14. The van der Waals surface area contributed by atoms with Gasteiger partial charge in [0.15, 0.2) is 0 Å². The van der Waals surface area contributed by atoms with Crippen LogP contribution in [0.3, 0.4) is 0 Å². The van der Waals surface area contributed by atoms with Crippen LogP contribution in [0.25, 0.3) is 0 Å². The van der Waals surface area contributed by atoms with Gasteiger partial charge in [-0.1, -0.05) is 24.6 Å². The molecule has 1 N–H and O–H groups in total. The number of halogens is 1. The summed E-state index contributed by atoms with van der Waals surface area (Å²) in [6.45, 7) is 5.02. The number of carbonyl (C=O) groups is 1. The van der Waals surface area contributed by atoms with Crippen molar-refractivity contribution in [1.29, 1.82) is 0 Å². The summed E-state index contributed by atoms with van der Waals surface area (Å²) >= 11 is 5.91. The molecule has 0 atom stereocenters. The highest BCUT2D eigenvalue weighted by atomic mass is 35.5. The van der Waals surface area contributed by atoms with Gasteiger partial charge in [0.1, 0.15) is 17.9 Å². The van der Waals surface area contributed by atoms with E-state index < -0.39 is 5.97 Å². The van der Waals surface area contributed by atoms with E-state index in [1.54, 1.807) is 12.1 Å². The van der Waals surface area contributed by atoms with Gasteiger partial charge in [-0.15, -0.1) is 0 Å². The monoisotopic (exact) mass is 308 g/mol. The Balaban J connectivity index is 2.22. The first-order chi connectivity index (χ1) is 10.1. The standard InChI is InChI=1S/C15H17ClN2O3/c1-3-10-8-11(18(4-2)17-10)9-21-13-7-5-6-12(16)14(13)15(19)20/h5-8H,3-4,9H2,1-2H3,(H,19,20). The third-order valence-corrected chi connectivity index (χ3v) is 3.46. The van der Waals surface area contributed by atoms with Crippen molar-refractivity contribution in [3.05, 3.63) is 46.2 Å². The van der Waals surface area contributed by atoms with Gasteiger partial charge >= 0.3 is 5.97 Å². The Morgan fingerprint density at radius 2 is 2.19 bits per heavy atom. The lowest BCUT2D eigenvalue weighted by molar-refractivity contribution is 0.0692. The van der Waals surface area contributed by atoms with Crippen LogP contribution in [0.4, 0.5) is 0 Å². The lowest BCUT2D eigenvalue weighted by Crippen LogP contribution is -2.08. The van der Waals surface area contributed by atoms with Crippen molar-refractivity contribution >= 4 is 17.6 Å². The first-order valence-electron chi connectivity index (χ1n) is 6.77. The molecule has 5 nitrogen and oxygen atoms in total. The zero-order valence-electron chi connectivity index (χ0n) is 12.0. The van der Waals surface area contributed by atoms with Gasteiger partial charge in [-0.3, -0.25) is 4.68 Å². The molecule has 0 saturated carbocycles. The van der Waals surface area contributed by atoms with E-state index in [1.165, 1.54) is 6.07 Å². The molecule has 2 rings (SSSR count). The van der Waals surface area contributed by atoms with E-state index in [-0.39, 0.29) is 22.9 Å². The van der Waals surface area contributed by atoms with Crippen molar-refractivity contribution in [3.8, 4) is 5.75 Å². The molecule has 6 heteroatoms. The smallest absolute Gasteiger partial charge is 0.341 e. The SMILES string of the molecule is CCc1cc(COc2cccc(Cl)c2C(=O)O)n(CC)n1. The van der Waals surface area contributed by atoms with Gasteiger partial charge in [0, 0.05) is 6.54 Å². The maximum absolute atomic E-state index is 11.2. The molecule has 0 saturated heterocycles. The zero-order chi connectivity index (χ0) is 15.4. The normalized spacial score (nSPS) is 10.6. The molecule has 0 amide bonds. The number of aromatic carboxylic acids is 1. The van der Waals surface area contributed by atoms with E-state index >= 15 is 0 Å². The van der Waals surface area contributed by atoms with Crippen LogP contribution < -0.4 is 4.74 Å². The highest BCUT2D eigenvalue weighted by Gasteiger charge is 2.16. The number of carboxylic acids is 1. The molecule has 0 bridgehead atoms. The van der Waals surface area contributed by atoms with Crippen molar-refractivity contribution in [2.24, 2.45) is 0 Å². The van der Waals surface area contributed by atoms with Crippen molar-refractivity contribution < 1.29 is 14.6 Å². The predicted octanol–water partition coefficient (Wildman–Crippen LogP) is 3.40. The molecule has 1 aromatic carbocycles. The van der Waals surface area contributed by atoms with Gasteiger partial charge in [-0.05, 0) is 31.5 Å². The summed E-state index contributed by atoms with van der Waals surface area (Å²) in [6.07, 6.45) is 0.845. The maximum atomic E-state index is 11.2. The topological polar surface area (TPSA) is 64.3 Å². The number of hydrogen-bond donors (Lipinski definition) is 1. The first kappa shape index (κ1) is 15.4. The van der Waals surface area contributed by atoms with E-state index in [2.05, 4.69) is 5.10 Å². The fraction of sp³-hybridized carbons (Fsp3) is 0.333. The van der Waals surface area contributed by atoms with Crippen molar-refractivity contribution in [2.45, 2.75) is 33.4 Å². The average Bonchev–Trinajstić information content (AvgIpc) is 2.87. The summed E-state index contributed by atoms with van der Waals surface area (Å²) in [5.74, 6) is -0.842. The number of nitrogens with zero attached hydrogens (tertiary/aromatic N) is 2. The molecule has 0 radical (unpaired) electrons. The van der Waals surface area contributed by atoms with Crippen LogP contribution in [0.2, 0.25) is 5.02 Å². The second-order valence-corrected chi connectivity index (χ2v) is 4.91. The lowest BCUT2D eigenvalue weighted by atomic mass is 10.2. The molecular formula is C15H17ClN2O3. The van der Waals surface area contributed by atoms with E-state index in [0.717, 1.165) is 24.4 Å². The Kier molecular flexibility index (Phi) is 4.85. The van der Waals surface area contributed by atoms with Crippen LogP contribution in [0.1, 0.15) is 35.6 Å². The van der Waals surface area contributed by atoms with Crippen LogP contribution >= 0.6 is 11.6 Å². The summed E-state index contributed by atoms with van der Waals surface area (Å²) in [5, 5.41) is 13.8. The Bertz CT molecular complexity index is 652. The molecule has 0 aliphatic carbocycles. The fourth-order valence-corrected chi connectivity index (χ4v) is 2.31. The van der Waals surface area contributed by atoms with Gasteiger partial charge in [0.05, 0.1) is 16.4 Å². The Labute approximate surface area is 128 Å². The van der Waals surface area contributed by atoms with E-state index in [4.69, 9.17) is 16.3 Å². The summed E-state index contributed by atoms with van der Waals surface area (Å²) in [5.41, 5.74) is 1.88. The third kappa shape index (κ3) is 3.36. The molecular weight excluding hydrogens is 292 g/mol. The molecule has 112 valence electrons. The lowest BCUT2D eigenvalue weighted by Gasteiger charge is -2.10. The van der Waals surface area contributed by atoms with Crippen LogP contribution in [0, 0.1) is 0 Å². The van der Waals surface area contributed by atoms with Crippen molar-refractivity contribution in [1.82, 2.24) is 9.78 Å². The van der Waals surface area contributed by atoms with E-state index in [1.807, 2.05) is 24.6 Å². The minimum Gasteiger partial charge on any atom is -0.486 e. The van der Waals surface area contributed by atoms with Gasteiger partial charge < -0.3 is 9.84 Å². The highest BCUT2D eigenvalue weighted by molar-refractivity contribution is 6.33. The molecule has 0 aliphatic rings. The van der Waals surface area contributed by atoms with Gasteiger partial charge in [-0.25, -0.2) is 4.79 Å². The molecule has 0 fully saturated rings. The number of rotatable bonds is 6. The summed E-state index contributed by atoms with van der Waals surface area (Å²) in [4.78, 5) is 11.2. The number of carboxylic acid groups (broad SMARTS) is 1. The van der Waals surface area contributed by atoms with Crippen LogP contribution in [-0.2, 0) is 19.6 Å². The summed E-state index contributed by atoms with van der Waals surface area (Å²) < 4.78 is 7.49. The molecule has 0 aliphatic heterocycles. The van der Waals surface area contributed by atoms with E-state index in [0.29, 0.717) is 0 Å². The van der Waals surface area contributed by atoms with E-state index in [9.17, 15) is 9.90 Å². The number of ether oxygens (including phenoxy) is 1. The minimum atomic E-state index is -1.10. The van der Waals surface area contributed by atoms with Gasteiger partial charge in [-0.2, -0.15) is 5.10 Å². The Morgan fingerprint density at radius 1 is 1.43 bits per heavy atom. The fourth-order valence-electron chi connectivity index (χ4n) is 2.06. The molecule has 0 unspecified atom stereocenters. The average molecular weight is 309 g/mol. The largest absolute Gasteiger partial charge is 0.486 e. The van der Waals surface area contributed by atoms with Crippen molar-refractivity contribution in [3.63, 3.8) is 0 Å². The summed E-state index contributed by atoms with van der Waals surface area (Å²) in [6, 6.07) is 6.76. The summed E-state index contributed by atoms with van der Waals surface area (Å²) in [7, 11) is 0. The van der Waals surface area contributed by atoms with Gasteiger partial charge in [0.2, 0.25) is 0 Å². The highest BCUT2D eigenvalue weighted by Crippen LogP contribution is 2.27. The number of aryl methyl sites for hydroxylation is 2. The zero-order valence-corrected chi connectivity index (χ0v) is 12.7. The van der Waals surface area contributed by atoms with Crippen LogP contribution in [0.5, 0.6) is 5.75 Å². The molecule has 2 aromatic rings. The quantitative estimate of drug-likeness (QED) is 0.888.